The molecule has 2 aromatic carbocycles. The van der Waals surface area contributed by atoms with E-state index >= 15 is 0 Å². The van der Waals surface area contributed by atoms with E-state index in [0.29, 0.717) is 24.7 Å². The Balaban J connectivity index is 1.54. The summed E-state index contributed by atoms with van der Waals surface area (Å²) in [6, 6.07) is 9.54. The van der Waals surface area contributed by atoms with Crippen LogP contribution in [0.3, 0.4) is 0 Å². The molecule has 0 bridgehead atoms. The molecule has 0 saturated carbocycles. The molecule has 3 heterocycles. The van der Waals surface area contributed by atoms with Gasteiger partial charge in [-0.2, -0.15) is 0 Å². The van der Waals surface area contributed by atoms with Gasteiger partial charge in [-0.25, -0.2) is 14.4 Å². The number of benzene rings is 2. The zero-order valence-electron chi connectivity index (χ0n) is 17.3. The van der Waals surface area contributed by atoms with Crippen molar-refractivity contribution in [2.45, 2.75) is 33.7 Å². The summed E-state index contributed by atoms with van der Waals surface area (Å²) in [4.78, 5) is 9.39. The highest BCUT2D eigenvalue weighted by atomic mass is 19.1. The highest BCUT2D eigenvalue weighted by molar-refractivity contribution is 5.80. The van der Waals surface area contributed by atoms with Gasteiger partial charge >= 0.3 is 0 Å². The zero-order valence-corrected chi connectivity index (χ0v) is 17.3. The smallest absolute Gasteiger partial charge is 0.208 e. The molecule has 1 aliphatic heterocycles. The first-order valence-corrected chi connectivity index (χ1v) is 10.1. The van der Waals surface area contributed by atoms with Crippen molar-refractivity contribution in [1.29, 1.82) is 0 Å². The topological polar surface area (TPSA) is 51.5 Å². The van der Waals surface area contributed by atoms with Gasteiger partial charge in [-0.1, -0.05) is 23.8 Å². The lowest BCUT2D eigenvalue weighted by molar-refractivity contribution is 0.356. The number of fused-ring (bicyclic) bond motifs is 2. The maximum Gasteiger partial charge on any atom is 0.208 e. The van der Waals surface area contributed by atoms with E-state index in [-0.39, 0.29) is 5.82 Å². The van der Waals surface area contributed by atoms with Crippen molar-refractivity contribution < 1.29 is 9.13 Å². The molecule has 0 spiro atoms. The monoisotopic (exact) mass is 402 g/mol. The van der Waals surface area contributed by atoms with Crippen molar-refractivity contribution in [3.8, 4) is 16.9 Å². The van der Waals surface area contributed by atoms with Crippen LogP contribution in [0.2, 0.25) is 0 Å². The average Bonchev–Trinajstić information content (AvgIpc) is 3.34. The molecule has 0 atom stereocenters. The van der Waals surface area contributed by atoms with Gasteiger partial charge in [-0.15, -0.1) is 0 Å². The number of nitrogens with zero attached hydrogens (tertiary/aromatic N) is 3. The molecule has 152 valence electrons. The van der Waals surface area contributed by atoms with Crippen LogP contribution >= 0.6 is 0 Å². The lowest BCUT2D eigenvalue weighted by atomic mass is 10.0. The second-order valence-electron chi connectivity index (χ2n) is 7.84. The third-order valence-corrected chi connectivity index (χ3v) is 5.65. The molecule has 0 amide bonds. The number of hydrogen-bond donors (Lipinski definition) is 1. The number of aryl methyl sites for hydroxylation is 3. The van der Waals surface area contributed by atoms with Gasteiger partial charge in [0.15, 0.2) is 0 Å². The van der Waals surface area contributed by atoms with Crippen LogP contribution in [0.4, 0.5) is 10.3 Å². The van der Waals surface area contributed by atoms with E-state index in [2.05, 4.69) is 42.3 Å². The second-order valence-corrected chi connectivity index (χ2v) is 7.84. The highest BCUT2D eigenvalue weighted by Crippen LogP contribution is 2.32. The number of imidazole rings is 1. The fourth-order valence-corrected chi connectivity index (χ4v) is 4.21. The molecule has 1 N–H and O–H groups in total. The molecule has 1 aliphatic rings. The predicted molar refractivity (Wildman–Crippen MR) is 116 cm³/mol. The van der Waals surface area contributed by atoms with Crippen molar-refractivity contribution in [2.75, 3.05) is 11.9 Å². The second kappa shape index (κ2) is 7.13. The maximum absolute atomic E-state index is 14.5. The van der Waals surface area contributed by atoms with Gasteiger partial charge in [0.05, 0.1) is 12.3 Å². The minimum absolute atomic E-state index is 0.225. The third kappa shape index (κ3) is 3.09. The number of hydrogen-bond acceptors (Lipinski definition) is 4. The van der Waals surface area contributed by atoms with Gasteiger partial charge in [0, 0.05) is 42.0 Å². The van der Waals surface area contributed by atoms with Gasteiger partial charge in [-0.3, -0.25) is 4.40 Å². The van der Waals surface area contributed by atoms with Crippen molar-refractivity contribution in [2.24, 2.45) is 0 Å². The van der Waals surface area contributed by atoms with E-state index in [1.807, 2.05) is 23.7 Å². The normalized spacial score (nSPS) is 12.8. The number of aromatic nitrogens is 3. The Morgan fingerprint density at radius 1 is 1.13 bits per heavy atom. The molecule has 0 saturated heterocycles. The summed E-state index contributed by atoms with van der Waals surface area (Å²) in [5, 5.41) is 3.31. The molecular weight excluding hydrogens is 379 g/mol. The Kier molecular flexibility index (Phi) is 4.42. The Bertz CT molecular complexity index is 1280. The number of rotatable bonds is 4. The third-order valence-electron chi connectivity index (χ3n) is 5.65. The van der Waals surface area contributed by atoms with Crippen LogP contribution < -0.4 is 10.1 Å². The zero-order chi connectivity index (χ0) is 20.8. The summed E-state index contributed by atoms with van der Waals surface area (Å²) in [6.45, 7) is 7.08. The molecule has 5 rings (SSSR count). The van der Waals surface area contributed by atoms with Crippen LogP contribution in [0.15, 0.2) is 42.7 Å². The van der Waals surface area contributed by atoms with Crippen LogP contribution in [0, 0.1) is 26.6 Å². The Morgan fingerprint density at radius 2 is 2.00 bits per heavy atom. The number of ether oxygens (including phenoxy) is 1. The standard InChI is InChI=1S/C24H23FN4O/c1-14-4-5-17(15(2)10-14)20-12-27-24(29-13-16(3)28-23(20)29)26-11-19-18-8-9-30-22(18)7-6-21(19)25/h4-7,10,12-13H,8-9,11H2,1-3H3,(H,26,27). The molecule has 0 unspecified atom stereocenters. The van der Waals surface area contributed by atoms with Crippen LogP contribution in [-0.4, -0.2) is 21.0 Å². The average molecular weight is 402 g/mol. The van der Waals surface area contributed by atoms with E-state index in [0.717, 1.165) is 40.2 Å². The summed E-state index contributed by atoms with van der Waals surface area (Å²) in [7, 11) is 0. The lowest BCUT2D eigenvalue weighted by Crippen LogP contribution is -2.09. The Morgan fingerprint density at radius 3 is 2.83 bits per heavy atom. The molecule has 0 radical (unpaired) electrons. The van der Waals surface area contributed by atoms with Crippen molar-refractivity contribution in [1.82, 2.24) is 14.4 Å². The summed E-state index contributed by atoms with van der Waals surface area (Å²) in [5.41, 5.74) is 7.80. The lowest BCUT2D eigenvalue weighted by Gasteiger charge is -2.14. The largest absolute Gasteiger partial charge is 0.493 e. The van der Waals surface area contributed by atoms with Crippen molar-refractivity contribution in [3.63, 3.8) is 0 Å². The minimum atomic E-state index is -0.225. The molecule has 30 heavy (non-hydrogen) atoms. The van der Waals surface area contributed by atoms with E-state index in [1.54, 1.807) is 6.07 Å². The van der Waals surface area contributed by atoms with Crippen LogP contribution in [0.5, 0.6) is 5.75 Å². The summed E-state index contributed by atoms with van der Waals surface area (Å²) in [5.74, 6) is 1.18. The van der Waals surface area contributed by atoms with E-state index < -0.39 is 0 Å². The molecule has 5 nitrogen and oxygen atoms in total. The SMILES string of the molecule is Cc1ccc(-c2cnc(NCc3c(F)ccc4c3CCO4)n3cc(C)nc23)c(C)c1. The van der Waals surface area contributed by atoms with Crippen LogP contribution in [-0.2, 0) is 13.0 Å². The first-order valence-electron chi connectivity index (χ1n) is 10.1. The molecule has 4 aromatic rings. The van der Waals surface area contributed by atoms with Crippen molar-refractivity contribution >= 4 is 11.6 Å². The molecule has 0 aliphatic carbocycles. The van der Waals surface area contributed by atoms with E-state index in [1.165, 1.54) is 17.2 Å². The van der Waals surface area contributed by atoms with E-state index in [9.17, 15) is 4.39 Å². The predicted octanol–water partition coefficient (Wildman–Crippen LogP) is 5.01. The molecule has 0 fully saturated rings. The molecule has 2 aromatic heterocycles. The van der Waals surface area contributed by atoms with Gasteiger partial charge in [0.25, 0.3) is 0 Å². The Labute approximate surface area is 174 Å². The number of halogens is 1. The summed E-state index contributed by atoms with van der Waals surface area (Å²) in [6.07, 6.45) is 4.52. The first kappa shape index (κ1) is 18.6. The number of nitrogens with one attached hydrogen (secondary N) is 1. The fourth-order valence-electron chi connectivity index (χ4n) is 4.21. The summed E-state index contributed by atoms with van der Waals surface area (Å²) >= 11 is 0. The van der Waals surface area contributed by atoms with Crippen molar-refractivity contribution in [3.05, 3.63) is 76.5 Å². The summed E-state index contributed by atoms with van der Waals surface area (Å²) < 4.78 is 22.0. The first-order chi connectivity index (χ1) is 14.5. The van der Waals surface area contributed by atoms with E-state index in [4.69, 9.17) is 9.72 Å². The maximum atomic E-state index is 14.5. The van der Waals surface area contributed by atoms with Gasteiger partial charge in [-0.05, 0) is 44.0 Å². The molecule has 6 heteroatoms. The van der Waals surface area contributed by atoms with Crippen LogP contribution in [0.25, 0.3) is 16.8 Å². The minimum Gasteiger partial charge on any atom is -0.493 e. The molecular formula is C24H23FN4O. The van der Waals surface area contributed by atoms with Gasteiger partial charge < -0.3 is 10.1 Å². The van der Waals surface area contributed by atoms with Crippen LogP contribution in [0.1, 0.15) is 27.9 Å². The fraction of sp³-hybridized carbons (Fsp3) is 0.250. The van der Waals surface area contributed by atoms with Gasteiger partial charge in [0.1, 0.15) is 17.2 Å². The quantitative estimate of drug-likeness (QED) is 0.521. The van der Waals surface area contributed by atoms with Gasteiger partial charge in [0.2, 0.25) is 5.95 Å². The number of anilines is 1. The Hall–Kier alpha value is -3.41. The highest BCUT2D eigenvalue weighted by Gasteiger charge is 2.20.